The monoisotopic (exact) mass is 497 g/mol. The highest BCUT2D eigenvalue weighted by atomic mass is 35.5. The summed E-state index contributed by atoms with van der Waals surface area (Å²) in [6, 6.07) is 4.24. The van der Waals surface area contributed by atoms with Gasteiger partial charge in [0, 0.05) is 24.7 Å². The number of nitrogens with one attached hydrogen (secondary N) is 1. The second-order valence-corrected chi connectivity index (χ2v) is 10.3. The third-order valence-corrected chi connectivity index (χ3v) is 7.47. The number of hydrogen-bond acceptors (Lipinski definition) is 3. The fraction of sp³-hybridized carbons (Fsp3) is 0.444. The quantitative estimate of drug-likeness (QED) is 0.432. The second kappa shape index (κ2) is 9.58. The summed E-state index contributed by atoms with van der Waals surface area (Å²) in [5, 5.41) is 2.60. The lowest BCUT2D eigenvalue weighted by Gasteiger charge is -2.27. The summed E-state index contributed by atoms with van der Waals surface area (Å²) in [6.45, 7) is 0.342. The fourth-order valence-corrected chi connectivity index (χ4v) is 5.15. The maximum Gasteiger partial charge on any atom is 0.273 e. The van der Waals surface area contributed by atoms with Crippen molar-refractivity contribution in [2.75, 3.05) is 6.54 Å². The minimum atomic E-state index is -0.770. The Bertz CT molecular complexity index is 1210. The molecule has 1 aliphatic heterocycles. The molecule has 2 saturated carbocycles. The van der Waals surface area contributed by atoms with E-state index in [9.17, 15) is 18.4 Å². The number of rotatable bonds is 7. The molecule has 2 amide bonds. The van der Waals surface area contributed by atoms with E-state index in [1.54, 1.807) is 6.20 Å². The Morgan fingerprint density at radius 1 is 1.20 bits per heavy atom. The SMILES string of the molecule is C#CC[C@@H]1C[C@H](C(=O)N[C@@H](c2cc(F)c(Cl)cc2F)C2CC2)N(C(=O)c2cc(C3CC3)ccn2)C1. The third-order valence-electron chi connectivity index (χ3n) is 7.18. The van der Waals surface area contributed by atoms with Gasteiger partial charge < -0.3 is 10.2 Å². The average molecular weight is 498 g/mol. The van der Waals surface area contributed by atoms with Crippen LogP contribution < -0.4 is 5.32 Å². The van der Waals surface area contributed by atoms with E-state index in [0.717, 1.165) is 43.4 Å². The highest BCUT2D eigenvalue weighted by Crippen LogP contribution is 2.43. The number of terminal acetylenes is 1. The molecule has 1 aromatic heterocycles. The number of amides is 2. The van der Waals surface area contributed by atoms with Crippen LogP contribution in [0.25, 0.3) is 0 Å². The van der Waals surface area contributed by atoms with Gasteiger partial charge >= 0.3 is 0 Å². The van der Waals surface area contributed by atoms with E-state index < -0.39 is 29.6 Å². The molecular formula is C27H26ClF2N3O2. The van der Waals surface area contributed by atoms with Gasteiger partial charge in [-0.1, -0.05) is 11.6 Å². The van der Waals surface area contributed by atoms with Gasteiger partial charge in [-0.05, 0) is 79.7 Å². The van der Waals surface area contributed by atoms with Crippen molar-refractivity contribution in [2.24, 2.45) is 11.8 Å². The second-order valence-electron chi connectivity index (χ2n) is 9.84. The number of aromatic nitrogens is 1. The number of halogens is 3. The topological polar surface area (TPSA) is 62.3 Å². The molecule has 3 aliphatic rings. The van der Waals surface area contributed by atoms with Crippen LogP contribution in [0, 0.1) is 35.8 Å². The Morgan fingerprint density at radius 3 is 2.66 bits per heavy atom. The molecule has 1 aromatic carbocycles. The van der Waals surface area contributed by atoms with Crippen LogP contribution in [0.2, 0.25) is 5.02 Å². The highest BCUT2D eigenvalue weighted by molar-refractivity contribution is 6.30. The smallest absolute Gasteiger partial charge is 0.273 e. The van der Waals surface area contributed by atoms with E-state index in [2.05, 4.69) is 16.2 Å². The molecule has 0 bridgehead atoms. The van der Waals surface area contributed by atoms with Crippen molar-refractivity contribution >= 4 is 23.4 Å². The first-order valence-corrected chi connectivity index (χ1v) is 12.4. The van der Waals surface area contributed by atoms with Crippen molar-refractivity contribution in [2.45, 2.75) is 56.5 Å². The molecule has 2 heterocycles. The zero-order valence-electron chi connectivity index (χ0n) is 19.1. The van der Waals surface area contributed by atoms with E-state index in [4.69, 9.17) is 18.0 Å². The van der Waals surface area contributed by atoms with Crippen LogP contribution >= 0.6 is 11.6 Å². The minimum Gasteiger partial charge on any atom is -0.347 e. The minimum absolute atomic E-state index is 0.00187. The molecule has 0 radical (unpaired) electrons. The summed E-state index contributed by atoms with van der Waals surface area (Å²) in [4.78, 5) is 32.7. The summed E-state index contributed by atoms with van der Waals surface area (Å²) in [5.41, 5.74) is 1.45. The van der Waals surface area contributed by atoms with Crippen LogP contribution in [0.3, 0.4) is 0 Å². The lowest BCUT2D eigenvalue weighted by Crippen LogP contribution is -2.47. The van der Waals surface area contributed by atoms with Crippen molar-refractivity contribution in [3.05, 3.63) is 63.9 Å². The predicted molar refractivity (Wildman–Crippen MR) is 128 cm³/mol. The van der Waals surface area contributed by atoms with Crippen LogP contribution in [-0.2, 0) is 4.79 Å². The van der Waals surface area contributed by atoms with Gasteiger partial charge in [0.05, 0.1) is 11.1 Å². The Hall–Kier alpha value is -2.98. The normalized spacial score (nSPS) is 22.5. The van der Waals surface area contributed by atoms with Gasteiger partial charge in [-0.25, -0.2) is 8.78 Å². The summed E-state index contributed by atoms with van der Waals surface area (Å²) in [5.74, 6) is 0.927. The third kappa shape index (κ3) is 5.04. The van der Waals surface area contributed by atoms with Crippen molar-refractivity contribution in [1.29, 1.82) is 0 Å². The lowest BCUT2D eigenvalue weighted by atomic mass is 9.99. The van der Waals surface area contributed by atoms with Crippen molar-refractivity contribution in [3.63, 3.8) is 0 Å². The Morgan fingerprint density at radius 2 is 1.97 bits per heavy atom. The molecule has 2 aliphatic carbocycles. The van der Waals surface area contributed by atoms with Crippen LogP contribution in [-0.4, -0.2) is 34.3 Å². The molecule has 0 spiro atoms. The summed E-state index contributed by atoms with van der Waals surface area (Å²) < 4.78 is 28.8. The van der Waals surface area contributed by atoms with Gasteiger partial charge in [0.2, 0.25) is 5.91 Å². The van der Waals surface area contributed by atoms with Gasteiger partial charge in [0.15, 0.2) is 0 Å². The van der Waals surface area contributed by atoms with E-state index in [0.29, 0.717) is 31.0 Å². The van der Waals surface area contributed by atoms with E-state index in [1.165, 1.54) is 4.90 Å². The average Bonchev–Trinajstić information content (AvgIpc) is 3.77. The largest absolute Gasteiger partial charge is 0.347 e. The molecule has 3 fully saturated rings. The van der Waals surface area contributed by atoms with Crippen LogP contribution in [0.15, 0.2) is 30.5 Å². The van der Waals surface area contributed by atoms with Crippen molar-refractivity contribution in [1.82, 2.24) is 15.2 Å². The van der Waals surface area contributed by atoms with Gasteiger partial charge in [-0.15, -0.1) is 12.3 Å². The molecule has 1 N–H and O–H groups in total. The Balaban J connectivity index is 1.39. The zero-order valence-corrected chi connectivity index (χ0v) is 19.9. The highest BCUT2D eigenvalue weighted by Gasteiger charge is 2.43. The number of nitrogens with zero attached hydrogens (tertiary/aromatic N) is 2. The molecular weight excluding hydrogens is 472 g/mol. The zero-order chi connectivity index (χ0) is 24.7. The van der Waals surface area contributed by atoms with Gasteiger partial charge in [-0.2, -0.15) is 0 Å². The van der Waals surface area contributed by atoms with Crippen molar-refractivity contribution < 1.29 is 18.4 Å². The molecule has 2 aromatic rings. The van der Waals surface area contributed by atoms with Gasteiger partial charge in [-0.3, -0.25) is 14.6 Å². The number of benzene rings is 1. The van der Waals surface area contributed by atoms with Crippen molar-refractivity contribution in [3.8, 4) is 12.3 Å². The summed E-state index contributed by atoms with van der Waals surface area (Å²) in [6.07, 6.45) is 11.8. The molecule has 3 atom stereocenters. The molecule has 8 heteroatoms. The molecule has 182 valence electrons. The summed E-state index contributed by atoms with van der Waals surface area (Å²) >= 11 is 5.72. The number of carbonyl (C=O) groups excluding carboxylic acids is 2. The number of hydrogen-bond donors (Lipinski definition) is 1. The Labute approximate surface area is 208 Å². The summed E-state index contributed by atoms with van der Waals surface area (Å²) in [7, 11) is 0. The number of carbonyl (C=O) groups is 2. The van der Waals surface area contributed by atoms with E-state index >= 15 is 0 Å². The molecule has 5 nitrogen and oxygen atoms in total. The Kier molecular flexibility index (Phi) is 6.50. The van der Waals surface area contributed by atoms with E-state index in [1.807, 2.05) is 12.1 Å². The number of likely N-dealkylation sites (tertiary alicyclic amines) is 1. The first-order chi connectivity index (χ1) is 16.9. The van der Waals surface area contributed by atoms with Crippen LogP contribution in [0.5, 0.6) is 0 Å². The molecule has 1 saturated heterocycles. The van der Waals surface area contributed by atoms with Gasteiger partial charge in [0.25, 0.3) is 5.91 Å². The van der Waals surface area contributed by atoms with Crippen LogP contribution in [0.4, 0.5) is 8.78 Å². The first-order valence-electron chi connectivity index (χ1n) is 12.0. The van der Waals surface area contributed by atoms with Gasteiger partial charge in [0.1, 0.15) is 23.4 Å². The standard InChI is InChI=1S/C27H26ClF2N3O2/c1-2-3-15-10-24(33(14-15)27(35)23-11-18(8-9-31-23)16-4-5-16)26(34)32-25(17-6-7-17)19-12-22(30)20(28)13-21(19)29/h1,8-9,11-13,15-17,24-25H,3-7,10,14H2,(H,32,34)/t15-,24-,25-/m1/s1. The molecule has 0 unspecified atom stereocenters. The number of pyridine rings is 1. The molecule has 35 heavy (non-hydrogen) atoms. The van der Waals surface area contributed by atoms with E-state index in [-0.39, 0.29) is 28.3 Å². The molecule has 5 rings (SSSR count). The predicted octanol–water partition coefficient (Wildman–Crippen LogP) is 5.01. The maximum absolute atomic E-state index is 14.7. The first kappa shape index (κ1) is 23.7. The maximum atomic E-state index is 14.7. The fourth-order valence-electron chi connectivity index (χ4n) is 5.00. The lowest BCUT2D eigenvalue weighted by molar-refractivity contribution is -0.125. The van der Waals surface area contributed by atoms with Crippen LogP contribution in [0.1, 0.15) is 72.1 Å².